The molecule has 4 rings (SSSR count). The highest BCUT2D eigenvalue weighted by atomic mass is 19.4. The largest absolute Gasteiger partial charge is 0.417 e. The number of benzene rings is 1. The van der Waals surface area contributed by atoms with Gasteiger partial charge in [-0.1, -0.05) is 24.8 Å². The third kappa shape index (κ3) is 3.43. The normalized spacial score (nSPS) is 15.0. The third-order valence-corrected chi connectivity index (χ3v) is 4.98. The number of anilines is 1. The number of halogens is 3. The van der Waals surface area contributed by atoms with Crippen molar-refractivity contribution in [1.82, 2.24) is 19.3 Å². The van der Waals surface area contributed by atoms with Crippen LogP contribution in [0.1, 0.15) is 5.56 Å². The molecule has 0 unspecified atom stereocenters. The van der Waals surface area contributed by atoms with Gasteiger partial charge in [0.2, 0.25) is 11.9 Å². The van der Waals surface area contributed by atoms with E-state index in [2.05, 4.69) is 16.5 Å². The molecule has 0 N–H and O–H groups in total. The Bertz CT molecular complexity index is 1070. The number of fused-ring (bicyclic) bond motifs is 1. The minimum atomic E-state index is -4.48. The van der Waals surface area contributed by atoms with Gasteiger partial charge in [0.1, 0.15) is 12.0 Å². The van der Waals surface area contributed by atoms with Crippen molar-refractivity contribution in [2.45, 2.75) is 6.18 Å². The lowest BCUT2D eigenvalue weighted by Gasteiger charge is -2.35. The number of rotatable bonds is 3. The molecule has 29 heavy (non-hydrogen) atoms. The molecule has 1 fully saturated rings. The predicted molar refractivity (Wildman–Crippen MR) is 102 cm³/mol. The van der Waals surface area contributed by atoms with Crippen molar-refractivity contribution in [3.8, 4) is 11.3 Å². The van der Waals surface area contributed by atoms with E-state index in [1.54, 1.807) is 27.5 Å². The number of alkyl halides is 3. The van der Waals surface area contributed by atoms with Crippen molar-refractivity contribution >= 4 is 17.5 Å². The van der Waals surface area contributed by atoms with E-state index in [9.17, 15) is 18.0 Å². The second-order valence-electron chi connectivity index (χ2n) is 6.65. The molecule has 1 aliphatic heterocycles. The van der Waals surface area contributed by atoms with Gasteiger partial charge in [0.25, 0.3) is 0 Å². The number of aromatic nitrogens is 3. The fourth-order valence-electron chi connectivity index (χ4n) is 3.58. The molecule has 9 heteroatoms. The Morgan fingerprint density at radius 1 is 1.03 bits per heavy atom. The molecule has 0 radical (unpaired) electrons. The highest BCUT2D eigenvalue weighted by Crippen LogP contribution is 2.38. The molecule has 6 nitrogen and oxygen atoms in total. The first-order valence-electron chi connectivity index (χ1n) is 9.05. The Kier molecular flexibility index (Phi) is 4.73. The maximum absolute atomic E-state index is 13.6. The number of nitrogens with zero attached hydrogens (tertiary/aromatic N) is 5. The van der Waals surface area contributed by atoms with Gasteiger partial charge in [-0.25, -0.2) is 9.97 Å². The SMILES string of the molecule is C=CC(=O)N1CCN(c2ncnc3ccc(-c4ccccc4C(F)(F)F)n23)CC1. The lowest BCUT2D eigenvalue weighted by atomic mass is 10.0. The number of carbonyl (C=O) groups is 1. The fourth-order valence-corrected chi connectivity index (χ4v) is 3.58. The van der Waals surface area contributed by atoms with Gasteiger partial charge in [0.15, 0.2) is 0 Å². The quantitative estimate of drug-likeness (QED) is 0.633. The van der Waals surface area contributed by atoms with E-state index in [0.717, 1.165) is 6.07 Å². The van der Waals surface area contributed by atoms with Gasteiger partial charge >= 0.3 is 6.18 Å². The van der Waals surface area contributed by atoms with Crippen LogP contribution in [0.15, 0.2) is 55.4 Å². The molecule has 0 spiro atoms. The Balaban J connectivity index is 1.77. The summed E-state index contributed by atoms with van der Waals surface area (Å²) in [4.78, 5) is 24.0. The van der Waals surface area contributed by atoms with E-state index in [4.69, 9.17) is 0 Å². The predicted octanol–water partition coefficient (Wildman–Crippen LogP) is 3.25. The van der Waals surface area contributed by atoms with Crippen molar-refractivity contribution in [3.63, 3.8) is 0 Å². The monoisotopic (exact) mass is 401 g/mol. The summed E-state index contributed by atoms with van der Waals surface area (Å²) < 4.78 is 42.3. The van der Waals surface area contributed by atoms with Crippen LogP contribution in [0.25, 0.3) is 16.9 Å². The summed E-state index contributed by atoms with van der Waals surface area (Å²) in [7, 11) is 0. The molecule has 1 aliphatic rings. The molecule has 1 amide bonds. The molecule has 150 valence electrons. The van der Waals surface area contributed by atoms with Gasteiger partial charge in [-0.2, -0.15) is 13.2 Å². The van der Waals surface area contributed by atoms with Crippen molar-refractivity contribution in [3.05, 3.63) is 60.9 Å². The Morgan fingerprint density at radius 2 is 1.76 bits per heavy atom. The number of carbonyl (C=O) groups excluding carboxylic acids is 1. The van der Waals surface area contributed by atoms with Crippen LogP contribution >= 0.6 is 0 Å². The van der Waals surface area contributed by atoms with Crippen LogP contribution in [0.4, 0.5) is 19.1 Å². The van der Waals surface area contributed by atoms with Crippen LogP contribution in [0, 0.1) is 0 Å². The molecule has 0 saturated carbocycles. The fraction of sp³-hybridized carbons (Fsp3) is 0.250. The first kappa shape index (κ1) is 19.0. The maximum Gasteiger partial charge on any atom is 0.417 e. The van der Waals surface area contributed by atoms with Crippen LogP contribution in [0.5, 0.6) is 0 Å². The minimum absolute atomic E-state index is 0.0662. The molecule has 1 aromatic carbocycles. The molecule has 0 aliphatic carbocycles. The highest BCUT2D eigenvalue weighted by molar-refractivity contribution is 5.87. The molecule has 3 heterocycles. The van der Waals surface area contributed by atoms with Crippen LogP contribution < -0.4 is 4.90 Å². The van der Waals surface area contributed by atoms with Crippen LogP contribution in [-0.2, 0) is 11.0 Å². The summed E-state index contributed by atoms with van der Waals surface area (Å²) >= 11 is 0. The summed E-state index contributed by atoms with van der Waals surface area (Å²) in [5.41, 5.74) is 0.229. The average Bonchev–Trinajstić information content (AvgIpc) is 3.17. The zero-order chi connectivity index (χ0) is 20.6. The highest BCUT2D eigenvalue weighted by Gasteiger charge is 2.34. The lowest BCUT2D eigenvalue weighted by molar-refractivity contribution is -0.137. The third-order valence-electron chi connectivity index (χ3n) is 4.98. The zero-order valence-electron chi connectivity index (χ0n) is 15.4. The van der Waals surface area contributed by atoms with Crippen molar-refractivity contribution in [2.75, 3.05) is 31.1 Å². The Labute approximate surface area is 164 Å². The first-order chi connectivity index (χ1) is 13.9. The summed E-state index contributed by atoms with van der Waals surface area (Å²) in [6.07, 6.45) is -1.81. The van der Waals surface area contributed by atoms with Gasteiger partial charge in [-0.15, -0.1) is 0 Å². The molecule has 0 bridgehead atoms. The first-order valence-corrected chi connectivity index (χ1v) is 9.05. The molecular formula is C20H18F3N5O. The maximum atomic E-state index is 13.6. The van der Waals surface area contributed by atoms with Crippen LogP contribution in [0.2, 0.25) is 0 Å². The van der Waals surface area contributed by atoms with Gasteiger partial charge in [-0.05, 0) is 24.3 Å². The van der Waals surface area contributed by atoms with Crippen molar-refractivity contribution in [1.29, 1.82) is 0 Å². The van der Waals surface area contributed by atoms with E-state index in [1.807, 2.05) is 4.90 Å². The van der Waals surface area contributed by atoms with Gasteiger partial charge in [0.05, 0.1) is 11.3 Å². The number of hydrogen-bond donors (Lipinski definition) is 0. The summed E-state index contributed by atoms with van der Waals surface area (Å²) in [6, 6.07) is 8.75. The van der Waals surface area contributed by atoms with Crippen molar-refractivity contribution in [2.24, 2.45) is 0 Å². The van der Waals surface area contributed by atoms with E-state index in [-0.39, 0.29) is 11.5 Å². The zero-order valence-corrected chi connectivity index (χ0v) is 15.4. The molecule has 0 atom stereocenters. The number of amides is 1. The lowest BCUT2D eigenvalue weighted by Crippen LogP contribution is -2.49. The van der Waals surface area contributed by atoms with Crippen molar-refractivity contribution < 1.29 is 18.0 Å². The average molecular weight is 401 g/mol. The second-order valence-corrected chi connectivity index (χ2v) is 6.65. The molecule has 2 aromatic heterocycles. The van der Waals surface area contributed by atoms with E-state index in [0.29, 0.717) is 43.5 Å². The Morgan fingerprint density at radius 3 is 2.45 bits per heavy atom. The summed E-state index contributed by atoms with van der Waals surface area (Å²) in [5, 5.41) is 0. The van der Waals surface area contributed by atoms with Crippen LogP contribution in [0.3, 0.4) is 0 Å². The summed E-state index contributed by atoms with van der Waals surface area (Å²) in [6.45, 7) is 5.46. The van der Waals surface area contributed by atoms with E-state index in [1.165, 1.54) is 24.5 Å². The second kappa shape index (κ2) is 7.23. The number of hydrogen-bond acceptors (Lipinski definition) is 4. The van der Waals surface area contributed by atoms with E-state index < -0.39 is 11.7 Å². The van der Waals surface area contributed by atoms with Gasteiger partial charge in [-0.3, -0.25) is 9.20 Å². The molecular weight excluding hydrogens is 383 g/mol. The minimum Gasteiger partial charge on any atom is -0.338 e. The van der Waals surface area contributed by atoms with Gasteiger partial charge < -0.3 is 9.80 Å². The standard InChI is InChI=1S/C20H18F3N5O/c1-2-18(29)26-9-11-27(12-10-26)19-25-13-24-17-8-7-16(28(17)19)14-5-3-4-6-15(14)20(21,22)23/h2-8,13H,1,9-12H2. The topological polar surface area (TPSA) is 53.7 Å². The van der Waals surface area contributed by atoms with E-state index >= 15 is 0 Å². The Hall–Kier alpha value is -3.36. The smallest absolute Gasteiger partial charge is 0.338 e. The van der Waals surface area contributed by atoms with Crippen LogP contribution in [-0.4, -0.2) is 51.4 Å². The molecule has 1 saturated heterocycles. The molecule has 3 aromatic rings. The number of piperazine rings is 1. The summed E-state index contributed by atoms with van der Waals surface area (Å²) in [5.74, 6) is 0.357. The van der Waals surface area contributed by atoms with Gasteiger partial charge in [0, 0.05) is 31.7 Å².